The van der Waals surface area contributed by atoms with Crippen molar-refractivity contribution in [3.8, 4) is 5.75 Å². The van der Waals surface area contributed by atoms with E-state index in [4.69, 9.17) is 10.5 Å². The third-order valence-corrected chi connectivity index (χ3v) is 2.91. The molecule has 0 amide bonds. The third kappa shape index (κ3) is 3.03. The van der Waals surface area contributed by atoms with E-state index >= 15 is 0 Å². The molecular weight excluding hydrogens is 245 g/mol. The van der Waals surface area contributed by atoms with Crippen LogP contribution < -0.4 is 10.5 Å². The molecule has 1 unspecified atom stereocenters. The second-order valence-electron chi connectivity index (χ2n) is 4.34. The largest absolute Gasteiger partial charge is 0.487 e. The molecule has 3 nitrogen and oxygen atoms in total. The van der Waals surface area contributed by atoms with Crippen molar-refractivity contribution in [2.24, 2.45) is 0 Å². The van der Waals surface area contributed by atoms with E-state index in [0.29, 0.717) is 16.8 Å². The van der Waals surface area contributed by atoms with Gasteiger partial charge in [-0.1, -0.05) is 30.3 Å². The van der Waals surface area contributed by atoms with E-state index in [0.717, 1.165) is 0 Å². The summed E-state index contributed by atoms with van der Waals surface area (Å²) in [6.07, 6.45) is -0.888. The van der Waals surface area contributed by atoms with Crippen LogP contribution >= 0.6 is 0 Å². The average Bonchev–Trinajstić information content (AvgIpc) is 2.40. The predicted octanol–water partition coefficient (Wildman–Crippen LogP) is 2.83. The lowest BCUT2D eigenvalue weighted by molar-refractivity contribution is 0.106. The van der Waals surface area contributed by atoms with Crippen LogP contribution in [-0.2, 0) is 0 Å². The first kappa shape index (κ1) is 13.4. The Balaban J connectivity index is 2.07. The number of hydrogen-bond donors (Lipinski definition) is 2. The van der Waals surface area contributed by atoms with Crippen LogP contribution in [-0.4, -0.2) is 11.7 Å². The molecule has 0 aliphatic heterocycles. The molecule has 2 rings (SSSR count). The monoisotopic (exact) mass is 261 g/mol. The minimum atomic E-state index is -0.888. The molecule has 0 aliphatic rings. The molecule has 0 saturated heterocycles. The summed E-state index contributed by atoms with van der Waals surface area (Å²) in [5.74, 6) is -0.274. The zero-order chi connectivity index (χ0) is 13.8. The van der Waals surface area contributed by atoms with Crippen LogP contribution in [0.4, 0.5) is 10.1 Å². The molecule has 2 aromatic rings. The van der Waals surface area contributed by atoms with Crippen LogP contribution in [0, 0.1) is 12.7 Å². The molecule has 0 saturated carbocycles. The Morgan fingerprint density at radius 1 is 1.21 bits per heavy atom. The quantitative estimate of drug-likeness (QED) is 0.832. The molecular formula is C15H16FNO2. The molecule has 0 aromatic heterocycles. The molecule has 1 atom stereocenters. The number of nitrogens with two attached hydrogens (primary N) is 1. The number of anilines is 1. The minimum Gasteiger partial charge on any atom is -0.487 e. The molecule has 0 heterocycles. The average molecular weight is 261 g/mol. The van der Waals surface area contributed by atoms with Gasteiger partial charge in [0.05, 0.1) is 0 Å². The molecule has 0 spiro atoms. The zero-order valence-corrected chi connectivity index (χ0v) is 10.6. The molecule has 0 aliphatic carbocycles. The van der Waals surface area contributed by atoms with Gasteiger partial charge in [0.1, 0.15) is 12.7 Å². The maximum absolute atomic E-state index is 13.7. The minimum absolute atomic E-state index is 0.0470. The Morgan fingerprint density at radius 3 is 2.68 bits per heavy atom. The Morgan fingerprint density at radius 2 is 1.95 bits per heavy atom. The van der Waals surface area contributed by atoms with E-state index in [9.17, 15) is 9.50 Å². The maximum Gasteiger partial charge on any atom is 0.167 e. The normalized spacial score (nSPS) is 12.2. The number of para-hydroxylation sites is 1. The fraction of sp³-hybridized carbons (Fsp3) is 0.200. The number of aliphatic hydroxyl groups is 1. The van der Waals surface area contributed by atoms with E-state index in [1.807, 2.05) is 0 Å². The summed E-state index contributed by atoms with van der Waals surface area (Å²) >= 11 is 0. The van der Waals surface area contributed by atoms with Gasteiger partial charge in [-0.05, 0) is 24.6 Å². The number of aryl methyl sites for hydroxylation is 1. The highest BCUT2D eigenvalue weighted by atomic mass is 19.1. The summed E-state index contributed by atoms with van der Waals surface area (Å²) in [6, 6.07) is 11.9. The van der Waals surface area contributed by atoms with Gasteiger partial charge in [0.15, 0.2) is 11.6 Å². The molecule has 2 aromatic carbocycles. The van der Waals surface area contributed by atoms with Gasteiger partial charge in [0.2, 0.25) is 0 Å². The van der Waals surface area contributed by atoms with Crippen molar-refractivity contribution >= 4 is 5.69 Å². The van der Waals surface area contributed by atoms with Gasteiger partial charge >= 0.3 is 0 Å². The highest BCUT2D eigenvalue weighted by Gasteiger charge is 2.13. The molecule has 0 radical (unpaired) electrons. The highest BCUT2D eigenvalue weighted by molar-refractivity contribution is 5.47. The van der Waals surface area contributed by atoms with E-state index in [1.54, 1.807) is 43.3 Å². The van der Waals surface area contributed by atoms with E-state index in [2.05, 4.69) is 0 Å². The van der Waals surface area contributed by atoms with E-state index in [-0.39, 0.29) is 12.4 Å². The van der Waals surface area contributed by atoms with Crippen molar-refractivity contribution < 1.29 is 14.2 Å². The van der Waals surface area contributed by atoms with Gasteiger partial charge in [-0.3, -0.25) is 0 Å². The van der Waals surface area contributed by atoms with Crippen LogP contribution in [0.15, 0.2) is 42.5 Å². The van der Waals surface area contributed by atoms with Gasteiger partial charge in [0, 0.05) is 11.3 Å². The summed E-state index contributed by atoms with van der Waals surface area (Å²) < 4.78 is 19.0. The van der Waals surface area contributed by atoms with Gasteiger partial charge in [-0.2, -0.15) is 0 Å². The number of aliphatic hydroxyl groups excluding tert-OH is 1. The number of halogens is 1. The smallest absolute Gasteiger partial charge is 0.167 e. The van der Waals surface area contributed by atoms with Gasteiger partial charge in [-0.15, -0.1) is 0 Å². The predicted molar refractivity (Wildman–Crippen MR) is 72.4 cm³/mol. The van der Waals surface area contributed by atoms with Crippen LogP contribution in [0.3, 0.4) is 0 Å². The second kappa shape index (κ2) is 5.71. The Hall–Kier alpha value is -2.07. The standard InChI is InChI=1S/C15H16FNO2/c1-10-5-4-8-14(15(10)16)19-9-13(18)11-6-2-3-7-12(11)17/h2-8,13,18H,9,17H2,1H3. The van der Waals surface area contributed by atoms with Gasteiger partial charge in [0.25, 0.3) is 0 Å². The van der Waals surface area contributed by atoms with Crippen molar-refractivity contribution in [3.05, 3.63) is 59.4 Å². The zero-order valence-electron chi connectivity index (χ0n) is 10.6. The van der Waals surface area contributed by atoms with Crippen LogP contribution in [0.1, 0.15) is 17.2 Å². The van der Waals surface area contributed by atoms with Crippen molar-refractivity contribution in [3.63, 3.8) is 0 Å². The Kier molecular flexibility index (Phi) is 4.02. The first-order valence-corrected chi connectivity index (χ1v) is 6.00. The van der Waals surface area contributed by atoms with Gasteiger partial charge in [-0.25, -0.2) is 4.39 Å². The van der Waals surface area contributed by atoms with Crippen molar-refractivity contribution in [1.82, 2.24) is 0 Å². The van der Waals surface area contributed by atoms with Gasteiger partial charge < -0.3 is 15.6 Å². The summed E-state index contributed by atoms with van der Waals surface area (Å²) in [5.41, 5.74) is 7.33. The summed E-state index contributed by atoms with van der Waals surface area (Å²) in [5, 5.41) is 10.00. The molecule has 19 heavy (non-hydrogen) atoms. The number of rotatable bonds is 4. The third-order valence-electron chi connectivity index (χ3n) is 2.91. The molecule has 100 valence electrons. The SMILES string of the molecule is Cc1cccc(OCC(O)c2ccccc2N)c1F. The molecule has 0 fully saturated rings. The number of benzene rings is 2. The Labute approximate surface area is 111 Å². The first-order chi connectivity index (χ1) is 9.09. The molecule has 3 N–H and O–H groups in total. The summed E-state index contributed by atoms with van der Waals surface area (Å²) in [6.45, 7) is 1.61. The molecule has 0 bridgehead atoms. The maximum atomic E-state index is 13.7. The number of ether oxygens (including phenoxy) is 1. The van der Waals surface area contributed by atoms with Crippen LogP contribution in [0.2, 0.25) is 0 Å². The lowest BCUT2D eigenvalue weighted by Gasteiger charge is -2.15. The second-order valence-corrected chi connectivity index (χ2v) is 4.34. The fourth-order valence-electron chi connectivity index (χ4n) is 1.80. The molecule has 4 heteroatoms. The fourth-order valence-corrected chi connectivity index (χ4v) is 1.80. The van der Waals surface area contributed by atoms with Crippen LogP contribution in [0.5, 0.6) is 5.75 Å². The number of nitrogen functional groups attached to an aromatic ring is 1. The topological polar surface area (TPSA) is 55.5 Å². The summed E-state index contributed by atoms with van der Waals surface area (Å²) in [4.78, 5) is 0. The highest BCUT2D eigenvalue weighted by Crippen LogP contribution is 2.23. The van der Waals surface area contributed by atoms with Crippen LogP contribution in [0.25, 0.3) is 0 Å². The van der Waals surface area contributed by atoms with E-state index < -0.39 is 11.9 Å². The van der Waals surface area contributed by atoms with Crippen molar-refractivity contribution in [2.45, 2.75) is 13.0 Å². The van der Waals surface area contributed by atoms with Crippen molar-refractivity contribution in [1.29, 1.82) is 0 Å². The lowest BCUT2D eigenvalue weighted by atomic mass is 10.1. The first-order valence-electron chi connectivity index (χ1n) is 6.00. The lowest BCUT2D eigenvalue weighted by Crippen LogP contribution is -2.12. The number of hydrogen-bond acceptors (Lipinski definition) is 3. The Bertz CT molecular complexity index is 572. The van der Waals surface area contributed by atoms with E-state index in [1.165, 1.54) is 6.07 Å². The summed E-state index contributed by atoms with van der Waals surface area (Å²) in [7, 11) is 0. The van der Waals surface area contributed by atoms with Crippen molar-refractivity contribution in [2.75, 3.05) is 12.3 Å².